The van der Waals surface area contributed by atoms with E-state index < -0.39 is 0 Å². The molecule has 0 heteroatoms. The fourth-order valence-electron chi connectivity index (χ4n) is 3.34. The lowest BCUT2D eigenvalue weighted by Gasteiger charge is -2.30. The first kappa shape index (κ1) is 10.8. The summed E-state index contributed by atoms with van der Waals surface area (Å²) in [6, 6.07) is 8.83. The van der Waals surface area contributed by atoms with Crippen LogP contribution in [0.25, 0.3) is 6.08 Å². The van der Waals surface area contributed by atoms with Gasteiger partial charge in [0.1, 0.15) is 0 Å². The Labute approximate surface area is 104 Å². The number of fused-ring (bicyclic) bond motifs is 1. The fraction of sp³-hybridized carbons (Fsp3) is 0.412. The summed E-state index contributed by atoms with van der Waals surface area (Å²) in [7, 11) is 0. The van der Waals surface area contributed by atoms with E-state index in [1.807, 2.05) is 0 Å². The molecular weight excluding hydrogens is 204 g/mol. The molecule has 3 rings (SSSR count). The number of rotatable bonds is 1. The minimum absolute atomic E-state index is 0.211. The minimum atomic E-state index is 0.211. The van der Waals surface area contributed by atoms with Gasteiger partial charge in [-0.15, -0.1) is 0 Å². The molecule has 0 bridgehead atoms. The third kappa shape index (κ3) is 1.67. The lowest BCUT2D eigenvalue weighted by molar-refractivity contribution is 0.513. The van der Waals surface area contributed by atoms with Crippen LogP contribution in [0.1, 0.15) is 44.2 Å². The van der Waals surface area contributed by atoms with Crippen LogP contribution in [0.2, 0.25) is 0 Å². The molecule has 17 heavy (non-hydrogen) atoms. The van der Waals surface area contributed by atoms with Gasteiger partial charge >= 0.3 is 0 Å². The maximum absolute atomic E-state index is 2.43. The Balaban J connectivity index is 2.03. The van der Waals surface area contributed by atoms with Crippen LogP contribution in [0.4, 0.5) is 0 Å². The van der Waals surface area contributed by atoms with Gasteiger partial charge in [0, 0.05) is 5.41 Å². The Morgan fingerprint density at radius 3 is 2.71 bits per heavy atom. The highest BCUT2D eigenvalue weighted by Gasteiger charge is 2.35. The summed E-state index contributed by atoms with van der Waals surface area (Å²) in [6.07, 6.45) is 11.1. The van der Waals surface area contributed by atoms with E-state index in [0.29, 0.717) is 5.92 Å². The molecule has 0 amide bonds. The maximum atomic E-state index is 2.43. The van der Waals surface area contributed by atoms with E-state index in [9.17, 15) is 0 Å². The SMILES string of the molecule is CC1(C)C(C2C=CCCC2)=Cc2ccccc21. The van der Waals surface area contributed by atoms with Gasteiger partial charge in [0.25, 0.3) is 0 Å². The average molecular weight is 224 g/mol. The molecule has 0 radical (unpaired) electrons. The van der Waals surface area contributed by atoms with Crippen molar-refractivity contribution in [2.45, 2.75) is 38.5 Å². The molecule has 0 fully saturated rings. The molecule has 0 aliphatic heterocycles. The summed E-state index contributed by atoms with van der Waals surface area (Å²) in [4.78, 5) is 0. The van der Waals surface area contributed by atoms with E-state index in [1.54, 1.807) is 5.57 Å². The largest absolute Gasteiger partial charge is 0.0879 e. The summed E-state index contributed by atoms with van der Waals surface area (Å²) in [5.41, 5.74) is 4.73. The first-order chi connectivity index (χ1) is 8.19. The smallest absolute Gasteiger partial charge is 0.0120 e. The molecular formula is C17H20. The predicted molar refractivity (Wildman–Crippen MR) is 73.9 cm³/mol. The summed E-state index contributed by atoms with van der Waals surface area (Å²) >= 11 is 0. The second kappa shape index (κ2) is 3.87. The van der Waals surface area contributed by atoms with Crippen molar-refractivity contribution in [2.75, 3.05) is 0 Å². The third-order valence-corrected chi connectivity index (χ3v) is 4.32. The molecule has 2 aliphatic carbocycles. The molecule has 0 nitrogen and oxygen atoms in total. The fourth-order valence-corrected chi connectivity index (χ4v) is 3.34. The Morgan fingerprint density at radius 2 is 2.00 bits per heavy atom. The van der Waals surface area contributed by atoms with Gasteiger partial charge in [0.05, 0.1) is 0 Å². The molecule has 0 aromatic heterocycles. The van der Waals surface area contributed by atoms with Crippen molar-refractivity contribution in [2.24, 2.45) is 5.92 Å². The van der Waals surface area contributed by atoms with Gasteiger partial charge < -0.3 is 0 Å². The van der Waals surface area contributed by atoms with Gasteiger partial charge in [0.2, 0.25) is 0 Å². The van der Waals surface area contributed by atoms with Gasteiger partial charge in [0.15, 0.2) is 0 Å². The first-order valence-corrected chi connectivity index (χ1v) is 6.68. The Morgan fingerprint density at radius 1 is 1.18 bits per heavy atom. The highest BCUT2D eigenvalue weighted by molar-refractivity contribution is 5.69. The minimum Gasteiger partial charge on any atom is -0.0879 e. The van der Waals surface area contributed by atoms with Crippen molar-refractivity contribution in [1.29, 1.82) is 0 Å². The molecule has 0 heterocycles. The third-order valence-electron chi connectivity index (χ3n) is 4.32. The molecule has 1 atom stereocenters. The molecule has 2 aliphatic rings. The van der Waals surface area contributed by atoms with Crippen molar-refractivity contribution < 1.29 is 0 Å². The quantitative estimate of drug-likeness (QED) is 0.606. The van der Waals surface area contributed by atoms with Crippen LogP contribution >= 0.6 is 0 Å². The van der Waals surface area contributed by atoms with Crippen molar-refractivity contribution >= 4 is 6.08 Å². The lowest BCUT2D eigenvalue weighted by atomic mass is 9.74. The molecule has 0 N–H and O–H groups in total. The molecule has 0 saturated heterocycles. The molecule has 0 saturated carbocycles. The Bertz CT molecular complexity index is 489. The number of hydrogen-bond acceptors (Lipinski definition) is 0. The van der Waals surface area contributed by atoms with E-state index in [4.69, 9.17) is 0 Å². The van der Waals surface area contributed by atoms with Gasteiger partial charge in [-0.05, 0) is 36.3 Å². The van der Waals surface area contributed by atoms with E-state index in [1.165, 1.54) is 30.4 Å². The second-order valence-corrected chi connectivity index (χ2v) is 5.78. The zero-order valence-corrected chi connectivity index (χ0v) is 10.7. The van der Waals surface area contributed by atoms with Crippen LogP contribution in [0.15, 0.2) is 42.0 Å². The van der Waals surface area contributed by atoms with Crippen LogP contribution < -0.4 is 0 Å². The van der Waals surface area contributed by atoms with Gasteiger partial charge in [-0.1, -0.05) is 61.9 Å². The molecule has 1 aromatic rings. The van der Waals surface area contributed by atoms with E-state index in [2.05, 4.69) is 56.3 Å². The van der Waals surface area contributed by atoms with Crippen LogP contribution in [-0.2, 0) is 5.41 Å². The van der Waals surface area contributed by atoms with Crippen molar-refractivity contribution in [1.82, 2.24) is 0 Å². The first-order valence-electron chi connectivity index (χ1n) is 6.68. The lowest BCUT2D eigenvalue weighted by Crippen LogP contribution is -2.22. The second-order valence-electron chi connectivity index (χ2n) is 5.78. The van der Waals surface area contributed by atoms with E-state index in [0.717, 1.165) is 0 Å². The molecule has 1 unspecified atom stereocenters. The summed E-state index contributed by atoms with van der Waals surface area (Å²) < 4.78 is 0. The van der Waals surface area contributed by atoms with Crippen LogP contribution in [0.5, 0.6) is 0 Å². The Kier molecular flexibility index (Phi) is 2.47. The van der Waals surface area contributed by atoms with Gasteiger partial charge in [-0.3, -0.25) is 0 Å². The molecule has 0 spiro atoms. The zero-order valence-electron chi connectivity index (χ0n) is 10.7. The summed E-state index contributed by atoms with van der Waals surface area (Å²) in [5.74, 6) is 0.658. The highest BCUT2D eigenvalue weighted by Crippen LogP contribution is 2.46. The van der Waals surface area contributed by atoms with E-state index in [-0.39, 0.29) is 5.41 Å². The van der Waals surface area contributed by atoms with Crippen molar-refractivity contribution in [3.63, 3.8) is 0 Å². The van der Waals surface area contributed by atoms with E-state index >= 15 is 0 Å². The van der Waals surface area contributed by atoms with Gasteiger partial charge in [-0.25, -0.2) is 0 Å². The standard InChI is InChI=1S/C17H20/c1-17(2)15-11-7-6-10-14(15)12-16(17)13-8-4-3-5-9-13/h4,6-8,10-13H,3,5,9H2,1-2H3. The number of hydrogen-bond donors (Lipinski definition) is 0. The highest BCUT2D eigenvalue weighted by atomic mass is 14.4. The van der Waals surface area contributed by atoms with Gasteiger partial charge in [-0.2, -0.15) is 0 Å². The molecule has 88 valence electrons. The normalized spacial score (nSPS) is 25.5. The summed E-state index contributed by atoms with van der Waals surface area (Å²) in [6.45, 7) is 4.74. The topological polar surface area (TPSA) is 0 Å². The number of benzene rings is 1. The maximum Gasteiger partial charge on any atom is 0.0120 e. The molecule has 1 aromatic carbocycles. The zero-order chi connectivity index (χ0) is 11.9. The average Bonchev–Trinajstić information content (AvgIpc) is 2.63. The summed E-state index contributed by atoms with van der Waals surface area (Å²) in [5, 5.41) is 0. The van der Waals surface area contributed by atoms with Crippen LogP contribution in [0, 0.1) is 5.92 Å². The predicted octanol–water partition coefficient (Wildman–Crippen LogP) is 4.72. The number of allylic oxidation sites excluding steroid dienone is 3. The Hall–Kier alpha value is -1.30. The monoisotopic (exact) mass is 224 g/mol. The van der Waals surface area contributed by atoms with Crippen LogP contribution in [0.3, 0.4) is 0 Å². The van der Waals surface area contributed by atoms with Crippen molar-refractivity contribution in [3.8, 4) is 0 Å². The van der Waals surface area contributed by atoms with Crippen molar-refractivity contribution in [3.05, 3.63) is 53.1 Å². The van der Waals surface area contributed by atoms with Crippen LogP contribution in [-0.4, -0.2) is 0 Å².